The van der Waals surface area contributed by atoms with Crippen LogP contribution in [-0.4, -0.2) is 35.8 Å². The number of carbonyl (C=O) groups excluding carboxylic acids is 1. The fourth-order valence-electron chi connectivity index (χ4n) is 5.12. The van der Waals surface area contributed by atoms with Gasteiger partial charge < -0.3 is 14.2 Å². The van der Waals surface area contributed by atoms with E-state index in [-0.39, 0.29) is 12.2 Å². The molecule has 0 aliphatic carbocycles. The van der Waals surface area contributed by atoms with E-state index in [9.17, 15) is 9.59 Å². The highest BCUT2D eigenvalue weighted by Crippen LogP contribution is 2.31. The molecule has 206 valence electrons. The first-order chi connectivity index (χ1) is 19.1. The number of esters is 1. The van der Waals surface area contributed by atoms with Crippen molar-refractivity contribution >= 4 is 40.7 Å². The van der Waals surface area contributed by atoms with Crippen molar-refractivity contribution in [1.82, 2.24) is 9.13 Å². The van der Waals surface area contributed by atoms with Gasteiger partial charge in [0.05, 0.1) is 28.5 Å². The average molecular weight is 575 g/mol. The van der Waals surface area contributed by atoms with Crippen LogP contribution in [0.3, 0.4) is 0 Å². The standard InChI is InChI=1S/C31H31ClN4O3S/c1-7-39-30(38)27-19(3)33-31-36(28(27)21-8-12-24(13-9-21)34(5)6)29(37)26(40-31)17-22-16-18(2)35(20(22)4)25-14-10-23(32)11-15-25/h8-17,28H,7H2,1-6H3/b26-17+/t28-/m0/s1. The molecule has 0 saturated heterocycles. The first-order valence-electron chi connectivity index (χ1n) is 13.0. The maximum Gasteiger partial charge on any atom is 0.338 e. The lowest BCUT2D eigenvalue weighted by atomic mass is 9.95. The van der Waals surface area contributed by atoms with E-state index in [4.69, 9.17) is 21.3 Å². The topological polar surface area (TPSA) is 68.8 Å². The fourth-order valence-corrected chi connectivity index (χ4v) is 6.29. The number of halogens is 1. The number of anilines is 1. The van der Waals surface area contributed by atoms with E-state index in [1.165, 1.54) is 11.3 Å². The number of carbonyl (C=O) groups is 1. The van der Waals surface area contributed by atoms with Gasteiger partial charge in [0.1, 0.15) is 0 Å². The van der Waals surface area contributed by atoms with E-state index in [1.54, 1.807) is 18.4 Å². The fraction of sp³-hybridized carbons (Fsp3) is 0.258. The van der Waals surface area contributed by atoms with Crippen molar-refractivity contribution < 1.29 is 9.53 Å². The zero-order valence-electron chi connectivity index (χ0n) is 23.4. The van der Waals surface area contributed by atoms with E-state index < -0.39 is 12.0 Å². The van der Waals surface area contributed by atoms with Gasteiger partial charge in [0.2, 0.25) is 0 Å². The highest BCUT2D eigenvalue weighted by molar-refractivity contribution is 7.07. The smallest absolute Gasteiger partial charge is 0.338 e. The van der Waals surface area contributed by atoms with Crippen LogP contribution in [-0.2, 0) is 9.53 Å². The molecule has 7 nitrogen and oxygen atoms in total. The summed E-state index contributed by atoms with van der Waals surface area (Å²) in [6.07, 6.45) is 1.91. The maximum atomic E-state index is 14.0. The SMILES string of the molecule is CCOC(=O)C1=C(C)N=c2s/c(=C/c3cc(C)n(-c4ccc(Cl)cc4)c3C)c(=O)n2[C@H]1c1ccc(N(C)C)cc1. The third-order valence-corrected chi connectivity index (χ3v) is 8.32. The zero-order valence-corrected chi connectivity index (χ0v) is 24.9. The summed E-state index contributed by atoms with van der Waals surface area (Å²) in [5.41, 5.74) is 6.54. The predicted octanol–water partition coefficient (Wildman–Crippen LogP) is 4.93. The molecule has 0 spiro atoms. The number of rotatable bonds is 6. The molecule has 0 bridgehead atoms. The van der Waals surface area contributed by atoms with Crippen LogP contribution in [0.1, 0.15) is 42.4 Å². The van der Waals surface area contributed by atoms with Crippen LogP contribution in [0, 0.1) is 13.8 Å². The van der Waals surface area contributed by atoms with Crippen molar-refractivity contribution in [2.24, 2.45) is 4.99 Å². The summed E-state index contributed by atoms with van der Waals surface area (Å²) in [5, 5.41) is 0.677. The number of ether oxygens (including phenoxy) is 1. The number of fused-ring (bicyclic) bond motifs is 1. The Bertz CT molecular complexity index is 1810. The number of aromatic nitrogens is 2. The van der Waals surface area contributed by atoms with Crippen LogP contribution in [0.5, 0.6) is 0 Å². The largest absolute Gasteiger partial charge is 0.463 e. The number of hydrogen-bond acceptors (Lipinski definition) is 6. The minimum absolute atomic E-state index is 0.198. The lowest BCUT2D eigenvalue weighted by molar-refractivity contribution is -0.139. The van der Waals surface area contributed by atoms with Crippen LogP contribution in [0.25, 0.3) is 11.8 Å². The van der Waals surface area contributed by atoms with Gasteiger partial charge in [-0.15, -0.1) is 0 Å². The molecule has 0 amide bonds. The molecule has 0 fully saturated rings. The number of aryl methyl sites for hydroxylation is 1. The second-order valence-corrected chi connectivity index (χ2v) is 11.4. The Morgan fingerprint density at radius 2 is 1.77 bits per heavy atom. The molecule has 5 rings (SSSR count). The molecule has 2 aromatic carbocycles. The summed E-state index contributed by atoms with van der Waals surface area (Å²) in [6, 6.07) is 17.0. The number of allylic oxidation sites excluding steroid dienone is 1. The first kappa shape index (κ1) is 27.7. The number of benzene rings is 2. The van der Waals surface area contributed by atoms with Crippen molar-refractivity contribution in [3.8, 4) is 5.69 Å². The molecule has 40 heavy (non-hydrogen) atoms. The van der Waals surface area contributed by atoms with Gasteiger partial charge in [-0.25, -0.2) is 9.79 Å². The Labute approximate surface area is 241 Å². The highest BCUT2D eigenvalue weighted by atomic mass is 35.5. The maximum absolute atomic E-state index is 14.0. The van der Waals surface area contributed by atoms with Crippen molar-refractivity contribution in [2.45, 2.75) is 33.7 Å². The molecule has 0 unspecified atom stereocenters. The van der Waals surface area contributed by atoms with Gasteiger partial charge in [0.15, 0.2) is 4.80 Å². The second kappa shape index (κ2) is 10.9. The normalized spacial score (nSPS) is 15.2. The van der Waals surface area contributed by atoms with Gasteiger partial charge in [-0.05, 0) is 87.4 Å². The molecule has 1 aliphatic heterocycles. The van der Waals surface area contributed by atoms with Crippen molar-refractivity contribution in [1.29, 1.82) is 0 Å². The summed E-state index contributed by atoms with van der Waals surface area (Å²) >= 11 is 7.42. The van der Waals surface area contributed by atoms with E-state index in [0.717, 1.165) is 33.9 Å². The molecule has 0 N–H and O–H groups in total. The third kappa shape index (κ3) is 4.93. The van der Waals surface area contributed by atoms with Crippen molar-refractivity contribution in [3.05, 3.63) is 113 Å². The number of nitrogens with zero attached hydrogens (tertiary/aromatic N) is 4. The molecule has 1 atom stereocenters. The Kier molecular flexibility index (Phi) is 7.57. The minimum Gasteiger partial charge on any atom is -0.463 e. The van der Waals surface area contributed by atoms with Crippen LogP contribution in [0.15, 0.2) is 75.7 Å². The van der Waals surface area contributed by atoms with Crippen molar-refractivity contribution in [3.63, 3.8) is 0 Å². The van der Waals surface area contributed by atoms with Crippen molar-refractivity contribution in [2.75, 3.05) is 25.6 Å². The lowest BCUT2D eigenvalue weighted by Crippen LogP contribution is -2.40. The Morgan fingerprint density at radius 3 is 2.40 bits per heavy atom. The summed E-state index contributed by atoms with van der Waals surface area (Å²) in [5.74, 6) is -0.466. The van der Waals surface area contributed by atoms with Gasteiger partial charge in [0, 0.05) is 41.9 Å². The van der Waals surface area contributed by atoms with Crippen LogP contribution in [0.2, 0.25) is 5.02 Å². The molecule has 9 heteroatoms. The number of hydrogen-bond donors (Lipinski definition) is 0. The monoisotopic (exact) mass is 574 g/mol. The van der Waals surface area contributed by atoms with E-state index in [2.05, 4.69) is 10.6 Å². The van der Waals surface area contributed by atoms with E-state index in [0.29, 0.717) is 25.6 Å². The van der Waals surface area contributed by atoms with Gasteiger partial charge in [0.25, 0.3) is 5.56 Å². The molecular formula is C31H31ClN4O3S. The second-order valence-electron chi connectivity index (χ2n) is 9.93. The summed E-state index contributed by atoms with van der Waals surface area (Å²) in [7, 11) is 3.94. The molecular weight excluding hydrogens is 544 g/mol. The summed E-state index contributed by atoms with van der Waals surface area (Å²) < 4.78 is 9.71. The van der Waals surface area contributed by atoms with Gasteiger partial charge in [-0.1, -0.05) is 35.1 Å². The van der Waals surface area contributed by atoms with Crippen LogP contribution in [0.4, 0.5) is 5.69 Å². The number of thiazole rings is 1. The Morgan fingerprint density at radius 1 is 1.10 bits per heavy atom. The van der Waals surface area contributed by atoms with Crippen LogP contribution >= 0.6 is 22.9 Å². The summed E-state index contributed by atoms with van der Waals surface area (Å²) in [4.78, 5) is 34.4. The molecule has 0 saturated carbocycles. The van der Waals surface area contributed by atoms with E-state index >= 15 is 0 Å². The lowest BCUT2D eigenvalue weighted by Gasteiger charge is -2.25. The molecule has 1 aliphatic rings. The molecule has 0 radical (unpaired) electrons. The van der Waals surface area contributed by atoms with Gasteiger partial charge in [-0.3, -0.25) is 9.36 Å². The Hall–Kier alpha value is -3.88. The molecule has 2 aromatic heterocycles. The van der Waals surface area contributed by atoms with Gasteiger partial charge in [-0.2, -0.15) is 0 Å². The van der Waals surface area contributed by atoms with Crippen LogP contribution < -0.4 is 19.8 Å². The zero-order chi connectivity index (χ0) is 28.7. The molecule has 4 aromatic rings. The third-order valence-electron chi connectivity index (χ3n) is 7.08. The van der Waals surface area contributed by atoms with Gasteiger partial charge >= 0.3 is 5.97 Å². The Balaban J connectivity index is 1.67. The van der Waals surface area contributed by atoms with E-state index in [1.807, 2.05) is 87.4 Å². The summed E-state index contributed by atoms with van der Waals surface area (Å²) in [6.45, 7) is 7.86. The first-order valence-corrected chi connectivity index (χ1v) is 14.2. The predicted molar refractivity (Wildman–Crippen MR) is 161 cm³/mol. The minimum atomic E-state index is -0.643. The average Bonchev–Trinajstić information content (AvgIpc) is 3.38. The quantitative estimate of drug-likeness (QED) is 0.306. The highest BCUT2D eigenvalue weighted by Gasteiger charge is 2.33. The molecule has 3 heterocycles.